The Balaban J connectivity index is 1.68. The number of amides is 1. The van der Waals surface area contributed by atoms with E-state index in [9.17, 15) is 13.2 Å². The summed E-state index contributed by atoms with van der Waals surface area (Å²) in [6.07, 6.45) is 9.72. The second-order valence-electron chi connectivity index (χ2n) is 6.72. The van der Waals surface area contributed by atoms with Gasteiger partial charge in [0.15, 0.2) is 0 Å². The number of carbonyl (C=O) groups is 1. The minimum absolute atomic E-state index is 0.00709. The summed E-state index contributed by atoms with van der Waals surface area (Å²) in [5.74, 6) is 1.11. The molecular formula is C16H30N2O3S. The Morgan fingerprint density at radius 1 is 1.09 bits per heavy atom. The zero-order valence-corrected chi connectivity index (χ0v) is 14.5. The van der Waals surface area contributed by atoms with E-state index in [0.29, 0.717) is 19.5 Å². The highest BCUT2D eigenvalue weighted by Crippen LogP contribution is 2.27. The van der Waals surface area contributed by atoms with Crippen LogP contribution in [0.1, 0.15) is 64.7 Å². The predicted molar refractivity (Wildman–Crippen MR) is 88.0 cm³/mol. The highest BCUT2D eigenvalue weighted by atomic mass is 32.2. The van der Waals surface area contributed by atoms with Gasteiger partial charge in [0.1, 0.15) is 0 Å². The molecule has 0 radical (unpaired) electrons. The number of nitrogens with one attached hydrogen (secondary N) is 1. The second kappa shape index (κ2) is 8.29. The molecule has 2 aliphatic rings. The normalized spacial score (nSPS) is 22.0. The summed E-state index contributed by atoms with van der Waals surface area (Å²) in [6.45, 7) is 3.01. The van der Waals surface area contributed by atoms with Crippen LogP contribution in [0.3, 0.4) is 0 Å². The molecule has 1 saturated heterocycles. The van der Waals surface area contributed by atoms with Gasteiger partial charge in [0, 0.05) is 25.6 Å². The highest BCUT2D eigenvalue weighted by molar-refractivity contribution is 7.89. The Kier molecular flexibility index (Phi) is 6.68. The van der Waals surface area contributed by atoms with Crippen LogP contribution < -0.4 is 4.72 Å². The smallest absolute Gasteiger partial charge is 0.222 e. The molecule has 1 aliphatic carbocycles. The van der Waals surface area contributed by atoms with Crippen molar-refractivity contribution in [2.24, 2.45) is 5.92 Å². The van der Waals surface area contributed by atoms with Gasteiger partial charge in [-0.3, -0.25) is 4.79 Å². The summed E-state index contributed by atoms with van der Waals surface area (Å²) in [5, 5.41) is 0. The van der Waals surface area contributed by atoms with Crippen LogP contribution in [0, 0.1) is 5.92 Å². The number of rotatable bonds is 6. The van der Waals surface area contributed by atoms with E-state index >= 15 is 0 Å². The first-order valence-corrected chi connectivity index (χ1v) is 10.4. The standard InChI is InChI=1S/C16H30N2O3S/c1-2-22(20,21)17-15-10-12-18(13-11-15)16(19)9-8-14-6-4-3-5-7-14/h14-15,17H,2-13H2,1H3. The van der Waals surface area contributed by atoms with Gasteiger partial charge in [-0.25, -0.2) is 13.1 Å². The monoisotopic (exact) mass is 330 g/mol. The molecule has 1 amide bonds. The van der Waals surface area contributed by atoms with Crippen molar-refractivity contribution in [2.75, 3.05) is 18.8 Å². The summed E-state index contributed by atoms with van der Waals surface area (Å²) in [5.41, 5.74) is 0. The summed E-state index contributed by atoms with van der Waals surface area (Å²) < 4.78 is 25.9. The maximum absolute atomic E-state index is 12.3. The summed E-state index contributed by atoms with van der Waals surface area (Å²) >= 11 is 0. The molecule has 2 fully saturated rings. The molecule has 2 rings (SSSR count). The lowest BCUT2D eigenvalue weighted by Gasteiger charge is -2.32. The Bertz CT molecular complexity index is 450. The first-order chi connectivity index (χ1) is 10.5. The maximum Gasteiger partial charge on any atom is 0.222 e. The molecule has 22 heavy (non-hydrogen) atoms. The fourth-order valence-corrected chi connectivity index (χ4v) is 4.46. The third kappa shape index (κ3) is 5.54. The van der Waals surface area contributed by atoms with Crippen molar-refractivity contribution in [3.63, 3.8) is 0 Å². The van der Waals surface area contributed by atoms with Gasteiger partial charge in [-0.1, -0.05) is 32.1 Å². The number of hydrogen-bond acceptors (Lipinski definition) is 3. The van der Waals surface area contributed by atoms with E-state index in [4.69, 9.17) is 0 Å². The first-order valence-electron chi connectivity index (χ1n) is 8.78. The van der Waals surface area contributed by atoms with Crippen LogP contribution in [-0.2, 0) is 14.8 Å². The van der Waals surface area contributed by atoms with Crippen molar-refractivity contribution in [2.45, 2.75) is 70.8 Å². The minimum Gasteiger partial charge on any atom is -0.343 e. The number of hydrogen-bond donors (Lipinski definition) is 1. The lowest BCUT2D eigenvalue weighted by atomic mass is 9.86. The molecule has 0 aromatic heterocycles. The van der Waals surface area contributed by atoms with E-state index in [1.165, 1.54) is 32.1 Å². The summed E-state index contributed by atoms with van der Waals surface area (Å²) in [4.78, 5) is 14.2. The van der Waals surface area contributed by atoms with Crippen molar-refractivity contribution in [1.82, 2.24) is 9.62 Å². The molecule has 128 valence electrons. The topological polar surface area (TPSA) is 66.5 Å². The van der Waals surface area contributed by atoms with Crippen molar-refractivity contribution in [3.8, 4) is 0 Å². The van der Waals surface area contributed by atoms with Crippen LogP contribution in [0.5, 0.6) is 0 Å². The number of carbonyl (C=O) groups excluding carboxylic acids is 1. The van der Waals surface area contributed by atoms with Crippen LogP contribution in [-0.4, -0.2) is 44.1 Å². The van der Waals surface area contributed by atoms with Crippen LogP contribution >= 0.6 is 0 Å². The third-order valence-corrected chi connectivity index (χ3v) is 6.52. The van der Waals surface area contributed by atoms with Crippen molar-refractivity contribution in [1.29, 1.82) is 0 Å². The molecular weight excluding hydrogens is 300 g/mol. The third-order valence-electron chi connectivity index (χ3n) is 5.07. The quantitative estimate of drug-likeness (QED) is 0.812. The van der Waals surface area contributed by atoms with Crippen LogP contribution in [0.15, 0.2) is 0 Å². The van der Waals surface area contributed by atoms with Crippen molar-refractivity contribution < 1.29 is 13.2 Å². The lowest BCUT2D eigenvalue weighted by molar-refractivity contribution is -0.132. The SMILES string of the molecule is CCS(=O)(=O)NC1CCN(C(=O)CCC2CCCCC2)CC1. The summed E-state index contributed by atoms with van der Waals surface area (Å²) in [7, 11) is -3.14. The van der Waals surface area contributed by atoms with Gasteiger partial charge in [-0.15, -0.1) is 0 Å². The van der Waals surface area contributed by atoms with Gasteiger partial charge >= 0.3 is 0 Å². The lowest BCUT2D eigenvalue weighted by Crippen LogP contribution is -2.46. The Morgan fingerprint density at radius 3 is 2.32 bits per heavy atom. The van der Waals surface area contributed by atoms with Gasteiger partial charge in [-0.2, -0.15) is 0 Å². The molecule has 5 nitrogen and oxygen atoms in total. The Hall–Kier alpha value is -0.620. The van der Waals surface area contributed by atoms with Gasteiger partial charge in [0.05, 0.1) is 5.75 Å². The molecule has 6 heteroatoms. The van der Waals surface area contributed by atoms with Gasteiger partial charge in [0.2, 0.25) is 15.9 Å². The first kappa shape index (κ1) is 17.7. The van der Waals surface area contributed by atoms with E-state index in [1.54, 1.807) is 6.92 Å². The van der Waals surface area contributed by atoms with E-state index in [-0.39, 0.29) is 17.7 Å². The zero-order chi connectivity index (χ0) is 16.0. The van der Waals surface area contributed by atoms with Gasteiger partial charge in [-0.05, 0) is 32.1 Å². The van der Waals surface area contributed by atoms with E-state index < -0.39 is 10.0 Å². The molecule has 1 aliphatic heterocycles. The average molecular weight is 330 g/mol. The summed E-state index contributed by atoms with van der Waals surface area (Å²) in [6, 6.07) is -0.00709. The number of likely N-dealkylation sites (tertiary alicyclic amines) is 1. The fourth-order valence-electron chi connectivity index (χ4n) is 3.55. The molecule has 1 saturated carbocycles. The number of nitrogens with zero attached hydrogens (tertiary/aromatic N) is 1. The molecule has 0 unspecified atom stereocenters. The largest absolute Gasteiger partial charge is 0.343 e. The Labute approximate surface area is 134 Å². The Morgan fingerprint density at radius 2 is 1.73 bits per heavy atom. The molecule has 1 N–H and O–H groups in total. The molecule has 0 atom stereocenters. The number of sulfonamides is 1. The molecule has 0 aromatic rings. The van der Waals surface area contributed by atoms with Crippen LogP contribution in [0.25, 0.3) is 0 Å². The van der Waals surface area contributed by atoms with Gasteiger partial charge < -0.3 is 4.90 Å². The van der Waals surface area contributed by atoms with Crippen molar-refractivity contribution in [3.05, 3.63) is 0 Å². The number of piperidine rings is 1. The minimum atomic E-state index is -3.14. The van der Waals surface area contributed by atoms with E-state index in [0.717, 1.165) is 25.2 Å². The average Bonchev–Trinajstić information content (AvgIpc) is 2.54. The van der Waals surface area contributed by atoms with Crippen LogP contribution in [0.2, 0.25) is 0 Å². The maximum atomic E-state index is 12.3. The van der Waals surface area contributed by atoms with Crippen molar-refractivity contribution >= 4 is 15.9 Å². The molecule has 0 aromatic carbocycles. The fraction of sp³-hybridized carbons (Fsp3) is 0.938. The second-order valence-corrected chi connectivity index (χ2v) is 8.76. The van der Waals surface area contributed by atoms with Gasteiger partial charge in [0.25, 0.3) is 0 Å². The molecule has 0 bridgehead atoms. The van der Waals surface area contributed by atoms with Crippen LogP contribution in [0.4, 0.5) is 0 Å². The highest BCUT2D eigenvalue weighted by Gasteiger charge is 2.25. The zero-order valence-electron chi connectivity index (χ0n) is 13.7. The molecule has 1 heterocycles. The predicted octanol–water partition coefficient (Wildman–Crippen LogP) is 2.28. The van der Waals surface area contributed by atoms with E-state index in [2.05, 4.69) is 4.72 Å². The molecule has 0 spiro atoms. The van der Waals surface area contributed by atoms with E-state index in [1.807, 2.05) is 4.90 Å².